The number of ether oxygens (including phenoxy) is 1. The van der Waals surface area contributed by atoms with Gasteiger partial charge in [-0.1, -0.05) is 19.6 Å². The summed E-state index contributed by atoms with van der Waals surface area (Å²) >= 11 is 0. The molecule has 0 rings (SSSR count). The molecule has 0 heterocycles. The molecular weight excluding hydrogens is 196 g/mol. The Hall–Kier alpha value is -0.393. The maximum Gasteiger partial charge on any atom is 0.218 e. The quantitative estimate of drug-likeness (QED) is 0.359. The maximum atomic E-state index is 10.4. The monoisotopic (exact) mass is 218 g/mol. The second-order valence-electron chi connectivity index (χ2n) is 4.58. The highest BCUT2D eigenvalue weighted by Crippen LogP contribution is 2.06. The number of carbonyl (C=O) groups excluding carboxylic acids is 1. The van der Waals surface area contributed by atoms with Gasteiger partial charge in [0.05, 0.1) is 6.73 Å². The molecule has 0 bridgehead atoms. The molecule has 5 heteroatoms. The number of hydrogen-bond acceptors (Lipinski definition) is 3. The van der Waals surface area contributed by atoms with E-state index in [0.717, 1.165) is 6.61 Å². The Balaban J connectivity index is 3.11. The van der Waals surface area contributed by atoms with Crippen LogP contribution >= 0.6 is 0 Å². The van der Waals surface area contributed by atoms with Gasteiger partial charge < -0.3 is 10.5 Å². The van der Waals surface area contributed by atoms with Crippen LogP contribution in [0.5, 0.6) is 0 Å². The average molecular weight is 218 g/mol. The van der Waals surface area contributed by atoms with Gasteiger partial charge in [-0.3, -0.25) is 10.1 Å². The predicted octanol–water partition coefficient (Wildman–Crippen LogP) is 0.764. The Morgan fingerprint density at radius 1 is 1.43 bits per heavy atom. The van der Waals surface area contributed by atoms with Gasteiger partial charge in [-0.25, -0.2) is 0 Å². The highest BCUT2D eigenvalue weighted by atomic mass is 28.3. The summed E-state index contributed by atoms with van der Waals surface area (Å²) in [5.74, 6) is -0.278. The van der Waals surface area contributed by atoms with Gasteiger partial charge in [0, 0.05) is 27.6 Å². The smallest absolute Gasteiger partial charge is 0.218 e. The van der Waals surface area contributed by atoms with E-state index in [9.17, 15) is 4.79 Å². The minimum atomic E-state index is -0.970. The lowest BCUT2D eigenvalue weighted by Crippen LogP contribution is -2.26. The summed E-state index contributed by atoms with van der Waals surface area (Å²) in [6.45, 7) is 8.87. The molecule has 0 aliphatic carbocycles. The Kier molecular flexibility index (Phi) is 6.78. The van der Waals surface area contributed by atoms with Gasteiger partial charge >= 0.3 is 0 Å². The molecule has 0 aliphatic rings. The van der Waals surface area contributed by atoms with Gasteiger partial charge in [0.25, 0.3) is 0 Å². The minimum absolute atomic E-state index is 0.278. The molecule has 0 aromatic heterocycles. The number of nitrogens with two attached hydrogens (primary N) is 1. The number of amides is 1. The van der Waals surface area contributed by atoms with Crippen LogP contribution in [0.4, 0.5) is 0 Å². The molecule has 1 amide bonds. The highest BCUT2D eigenvalue weighted by molar-refractivity contribution is 6.76. The summed E-state index contributed by atoms with van der Waals surface area (Å²) in [6, 6.07) is 1.17. The molecule has 0 fully saturated rings. The van der Waals surface area contributed by atoms with Crippen molar-refractivity contribution in [2.75, 3.05) is 19.9 Å². The van der Waals surface area contributed by atoms with Gasteiger partial charge in [0.1, 0.15) is 0 Å². The highest BCUT2D eigenvalue weighted by Gasteiger charge is 2.11. The van der Waals surface area contributed by atoms with Crippen molar-refractivity contribution < 1.29 is 9.53 Å². The van der Waals surface area contributed by atoms with E-state index in [-0.39, 0.29) is 5.91 Å². The molecule has 4 nitrogen and oxygen atoms in total. The first-order valence-electron chi connectivity index (χ1n) is 4.98. The van der Waals surface area contributed by atoms with Gasteiger partial charge in [0.2, 0.25) is 5.91 Å². The van der Waals surface area contributed by atoms with Crippen LogP contribution in [0, 0.1) is 0 Å². The fraction of sp³-hybridized carbons (Fsp3) is 0.889. The number of carbonyl (C=O) groups is 1. The molecule has 0 atom stereocenters. The molecule has 0 aromatic rings. The Bertz CT molecular complexity index is 169. The molecular formula is C9H22N2O2Si. The van der Waals surface area contributed by atoms with Crippen molar-refractivity contribution in [3.63, 3.8) is 0 Å². The predicted molar refractivity (Wildman–Crippen MR) is 60.8 cm³/mol. The SMILES string of the molecule is C[Si](C)(C)CCOCNCCC(N)=O. The fourth-order valence-corrected chi connectivity index (χ4v) is 1.56. The van der Waals surface area contributed by atoms with Crippen LogP contribution in [0.2, 0.25) is 25.7 Å². The number of primary amides is 1. The fourth-order valence-electron chi connectivity index (χ4n) is 0.806. The van der Waals surface area contributed by atoms with Crippen molar-refractivity contribution in [3.8, 4) is 0 Å². The van der Waals surface area contributed by atoms with Gasteiger partial charge in [-0.15, -0.1) is 0 Å². The van der Waals surface area contributed by atoms with Crippen LogP contribution in [0.15, 0.2) is 0 Å². The summed E-state index contributed by atoms with van der Waals surface area (Å²) in [5, 5.41) is 3.00. The summed E-state index contributed by atoms with van der Waals surface area (Å²) in [7, 11) is -0.970. The molecule has 0 saturated heterocycles. The van der Waals surface area contributed by atoms with Crippen molar-refractivity contribution >= 4 is 14.0 Å². The molecule has 3 N–H and O–H groups in total. The number of hydrogen-bond donors (Lipinski definition) is 2. The topological polar surface area (TPSA) is 64.3 Å². The minimum Gasteiger partial charge on any atom is -0.370 e. The van der Waals surface area contributed by atoms with Crippen molar-refractivity contribution in [1.82, 2.24) is 5.32 Å². The maximum absolute atomic E-state index is 10.4. The molecule has 14 heavy (non-hydrogen) atoms. The van der Waals surface area contributed by atoms with E-state index in [0.29, 0.717) is 19.7 Å². The molecule has 0 aliphatic heterocycles. The number of rotatable bonds is 8. The second kappa shape index (κ2) is 6.97. The zero-order valence-corrected chi connectivity index (χ0v) is 10.4. The van der Waals surface area contributed by atoms with E-state index in [4.69, 9.17) is 10.5 Å². The largest absolute Gasteiger partial charge is 0.370 e. The number of nitrogens with one attached hydrogen (secondary N) is 1. The standard InChI is InChI=1S/C9H22N2O2Si/c1-14(2,3)7-6-13-8-11-5-4-9(10)12/h11H,4-8H2,1-3H3,(H2,10,12). The first-order valence-corrected chi connectivity index (χ1v) is 8.69. The third kappa shape index (κ3) is 11.6. The van der Waals surface area contributed by atoms with Crippen molar-refractivity contribution in [2.45, 2.75) is 32.1 Å². The first kappa shape index (κ1) is 13.6. The Morgan fingerprint density at radius 2 is 2.07 bits per heavy atom. The van der Waals surface area contributed by atoms with E-state index in [1.165, 1.54) is 6.04 Å². The third-order valence-corrected chi connectivity index (χ3v) is 3.45. The summed E-state index contributed by atoms with van der Waals surface area (Å²) in [4.78, 5) is 10.4. The van der Waals surface area contributed by atoms with Crippen LogP contribution in [0.3, 0.4) is 0 Å². The van der Waals surface area contributed by atoms with E-state index in [1.54, 1.807) is 0 Å². The normalized spacial score (nSPS) is 11.6. The van der Waals surface area contributed by atoms with Crippen LogP contribution in [0.1, 0.15) is 6.42 Å². The summed E-state index contributed by atoms with van der Waals surface area (Å²) < 4.78 is 5.36. The summed E-state index contributed by atoms with van der Waals surface area (Å²) in [6.07, 6.45) is 0.372. The summed E-state index contributed by atoms with van der Waals surface area (Å²) in [5.41, 5.74) is 4.98. The Labute approximate surface area is 87.2 Å². The molecule has 0 aromatic carbocycles. The van der Waals surface area contributed by atoms with E-state index < -0.39 is 8.07 Å². The zero-order chi connectivity index (χ0) is 11.0. The molecule has 0 spiro atoms. The lowest BCUT2D eigenvalue weighted by atomic mass is 10.4. The average Bonchev–Trinajstić information content (AvgIpc) is 2.00. The first-order chi connectivity index (χ1) is 6.42. The van der Waals surface area contributed by atoms with Gasteiger partial charge in [0.15, 0.2) is 0 Å². The van der Waals surface area contributed by atoms with Crippen LogP contribution < -0.4 is 11.1 Å². The van der Waals surface area contributed by atoms with E-state index in [1.807, 2.05) is 0 Å². The van der Waals surface area contributed by atoms with Crippen molar-refractivity contribution in [3.05, 3.63) is 0 Å². The van der Waals surface area contributed by atoms with Gasteiger partial charge in [-0.2, -0.15) is 0 Å². The molecule has 0 saturated carbocycles. The molecule has 0 unspecified atom stereocenters. The van der Waals surface area contributed by atoms with Crippen LogP contribution in [-0.2, 0) is 9.53 Å². The lowest BCUT2D eigenvalue weighted by Gasteiger charge is -2.15. The molecule has 84 valence electrons. The van der Waals surface area contributed by atoms with Crippen molar-refractivity contribution in [2.24, 2.45) is 5.73 Å². The second-order valence-corrected chi connectivity index (χ2v) is 10.2. The zero-order valence-electron chi connectivity index (χ0n) is 9.43. The lowest BCUT2D eigenvalue weighted by molar-refractivity contribution is -0.117. The third-order valence-electron chi connectivity index (χ3n) is 1.75. The van der Waals surface area contributed by atoms with E-state index >= 15 is 0 Å². The van der Waals surface area contributed by atoms with Crippen molar-refractivity contribution in [1.29, 1.82) is 0 Å². The Morgan fingerprint density at radius 3 is 2.57 bits per heavy atom. The van der Waals surface area contributed by atoms with Crippen LogP contribution in [-0.4, -0.2) is 33.9 Å². The van der Waals surface area contributed by atoms with E-state index in [2.05, 4.69) is 25.0 Å². The van der Waals surface area contributed by atoms with Gasteiger partial charge in [-0.05, 0) is 6.04 Å². The molecule has 0 radical (unpaired) electrons. The van der Waals surface area contributed by atoms with Crippen LogP contribution in [0.25, 0.3) is 0 Å².